The van der Waals surface area contributed by atoms with Gasteiger partial charge in [-0.2, -0.15) is 0 Å². The molecular weight excluding hydrogens is 203 g/mol. The van der Waals surface area contributed by atoms with Crippen LogP contribution in [0.4, 0.5) is 4.39 Å². The average Bonchev–Trinajstić information content (AvgIpc) is 2.39. The Morgan fingerprint density at radius 2 is 1.69 bits per heavy atom. The first-order chi connectivity index (χ1) is 7.81. The zero-order valence-corrected chi connectivity index (χ0v) is 8.68. The Kier molecular flexibility index (Phi) is 3.05. The fraction of sp³-hybridized carbons (Fsp3) is 0.0769. The minimum Gasteiger partial charge on any atom is -0.244 e. The number of hydrogen-bond acceptors (Lipinski definition) is 2. The lowest BCUT2D eigenvalue weighted by Crippen LogP contribution is -1.87. The molecule has 2 rings (SSSR count). The quantitative estimate of drug-likeness (QED) is 0.732. The summed E-state index contributed by atoms with van der Waals surface area (Å²) in [6, 6.07) is 7.19. The summed E-state index contributed by atoms with van der Waals surface area (Å²) in [6.07, 6.45) is 5.10. The van der Waals surface area contributed by atoms with Gasteiger partial charge < -0.3 is 0 Å². The summed E-state index contributed by atoms with van der Waals surface area (Å²) in [4.78, 5) is 7.87. The molecule has 2 aromatic rings. The minimum atomic E-state index is -1.11. The smallest absolute Gasteiger partial charge is 0.143 e. The van der Waals surface area contributed by atoms with E-state index in [4.69, 9.17) is 0 Å². The molecule has 0 aliphatic rings. The Labute approximate surface area is 93.5 Å². The Morgan fingerprint density at radius 3 is 2.25 bits per heavy atom. The predicted octanol–water partition coefficient (Wildman–Crippen LogP) is 3.34. The molecule has 3 heteroatoms. The predicted molar refractivity (Wildman–Crippen MR) is 61.5 cm³/mol. The van der Waals surface area contributed by atoms with Gasteiger partial charge in [0.2, 0.25) is 0 Å². The van der Waals surface area contributed by atoms with E-state index in [2.05, 4.69) is 16.5 Å². The molecule has 2 nitrogen and oxygen atoms in total. The molecule has 0 aliphatic carbocycles. The van der Waals surface area contributed by atoms with Crippen molar-refractivity contribution >= 4 is 0 Å². The van der Waals surface area contributed by atoms with Crippen molar-refractivity contribution in [2.75, 3.05) is 0 Å². The second-order valence-corrected chi connectivity index (χ2v) is 3.39. The van der Waals surface area contributed by atoms with Crippen LogP contribution in [0.15, 0.2) is 55.6 Å². The standard InChI is InChI=1S/C13H11FN2/c1-2-13(14)11-5-3-10(4-6-11)12-7-15-9-16-8-12/h2-9,13H,1H2. The lowest BCUT2D eigenvalue weighted by atomic mass is 10.0. The van der Waals surface area contributed by atoms with Crippen LogP contribution in [-0.4, -0.2) is 9.97 Å². The largest absolute Gasteiger partial charge is 0.244 e. The van der Waals surface area contributed by atoms with Gasteiger partial charge in [-0.25, -0.2) is 14.4 Å². The molecule has 0 saturated carbocycles. The third kappa shape index (κ3) is 2.14. The fourth-order valence-electron chi connectivity index (χ4n) is 1.44. The number of nitrogens with zero attached hydrogens (tertiary/aromatic N) is 2. The maximum Gasteiger partial charge on any atom is 0.143 e. The Bertz CT molecular complexity index is 465. The van der Waals surface area contributed by atoms with Crippen LogP contribution in [0.3, 0.4) is 0 Å². The molecule has 16 heavy (non-hydrogen) atoms. The van der Waals surface area contributed by atoms with Crippen molar-refractivity contribution in [1.82, 2.24) is 9.97 Å². The summed E-state index contributed by atoms with van der Waals surface area (Å²) >= 11 is 0. The molecule has 0 N–H and O–H groups in total. The molecule has 0 spiro atoms. The maximum absolute atomic E-state index is 13.3. The summed E-state index contributed by atoms with van der Waals surface area (Å²) in [5.41, 5.74) is 2.50. The topological polar surface area (TPSA) is 25.8 Å². The number of rotatable bonds is 3. The van der Waals surface area contributed by atoms with E-state index in [1.165, 1.54) is 12.4 Å². The van der Waals surface area contributed by atoms with E-state index < -0.39 is 6.17 Å². The Balaban J connectivity index is 2.30. The van der Waals surface area contributed by atoms with Gasteiger partial charge in [0.1, 0.15) is 12.5 Å². The highest BCUT2D eigenvalue weighted by Crippen LogP contribution is 2.22. The Morgan fingerprint density at radius 1 is 1.06 bits per heavy atom. The molecule has 0 aliphatic heterocycles. The first-order valence-corrected chi connectivity index (χ1v) is 4.93. The summed E-state index contributed by atoms with van der Waals surface area (Å²) < 4.78 is 13.3. The van der Waals surface area contributed by atoms with Crippen LogP contribution in [0.5, 0.6) is 0 Å². The van der Waals surface area contributed by atoms with Gasteiger partial charge in [-0.15, -0.1) is 0 Å². The lowest BCUT2D eigenvalue weighted by Gasteiger charge is -2.04. The van der Waals surface area contributed by atoms with Crippen LogP contribution in [-0.2, 0) is 0 Å². The number of benzene rings is 1. The van der Waals surface area contributed by atoms with Crippen molar-refractivity contribution in [3.05, 3.63) is 61.2 Å². The minimum absolute atomic E-state index is 0.607. The van der Waals surface area contributed by atoms with E-state index in [0.717, 1.165) is 11.1 Å². The normalized spacial score (nSPS) is 12.1. The molecule has 1 unspecified atom stereocenters. The SMILES string of the molecule is C=CC(F)c1ccc(-c2cncnc2)cc1. The van der Waals surface area contributed by atoms with Crippen molar-refractivity contribution in [1.29, 1.82) is 0 Å². The highest BCUT2D eigenvalue weighted by molar-refractivity contribution is 5.61. The van der Waals surface area contributed by atoms with E-state index in [1.807, 2.05) is 12.1 Å². The molecule has 1 aromatic heterocycles. The lowest BCUT2D eigenvalue weighted by molar-refractivity contribution is 0.415. The van der Waals surface area contributed by atoms with E-state index >= 15 is 0 Å². The number of halogens is 1. The third-order valence-electron chi connectivity index (χ3n) is 2.33. The first kappa shape index (κ1) is 10.5. The van der Waals surface area contributed by atoms with Gasteiger partial charge >= 0.3 is 0 Å². The number of hydrogen-bond donors (Lipinski definition) is 0. The number of allylic oxidation sites excluding steroid dienone is 1. The van der Waals surface area contributed by atoms with Crippen molar-refractivity contribution in [3.8, 4) is 11.1 Å². The third-order valence-corrected chi connectivity index (χ3v) is 2.33. The van der Waals surface area contributed by atoms with E-state index in [1.54, 1.807) is 24.5 Å². The molecule has 0 saturated heterocycles. The van der Waals surface area contributed by atoms with Crippen molar-refractivity contribution in [3.63, 3.8) is 0 Å². The molecule has 0 fully saturated rings. The highest BCUT2D eigenvalue weighted by Gasteiger charge is 2.04. The average molecular weight is 214 g/mol. The van der Waals surface area contributed by atoms with Crippen molar-refractivity contribution in [2.45, 2.75) is 6.17 Å². The molecule has 80 valence electrons. The Hall–Kier alpha value is -2.03. The second kappa shape index (κ2) is 4.66. The zero-order chi connectivity index (χ0) is 11.4. The van der Waals surface area contributed by atoms with E-state index in [-0.39, 0.29) is 0 Å². The summed E-state index contributed by atoms with van der Waals surface area (Å²) in [5.74, 6) is 0. The summed E-state index contributed by atoms with van der Waals surface area (Å²) in [5, 5.41) is 0. The zero-order valence-electron chi connectivity index (χ0n) is 8.68. The van der Waals surface area contributed by atoms with Crippen LogP contribution in [0.1, 0.15) is 11.7 Å². The van der Waals surface area contributed by atoms with Gasteiger partial charge in [0.25, 0.3) is 0 Å². The highest BCUT2D eigenvalue weighted by atomic mass is 19.1. The van der Waals surface area contributed by atoms with Crippen LogP contribution < -0.4 is 0 Å². The van der Waals surface area contributed by atoms with Crippen LogP contribution >= 0.6 is 0 Å². The van der Waals surface area contributed by atoms with Gasteiger partial charge in [0.15, 0.2) is 0 Å². The van der Waals surface area contributed by atoms with Crippen molar-refractivity contribution < 1.29 is 4.39 Å². The first-order valence-electron chi connectivity index (χ1n) is 4.93. The van der Waals surface area contributed by atoms with E-state index in [9.17, 15) is 4.39 Å². The molecule has 0 bridgehead atoms. The van der Waals surface area contributed by atoms with E-state index in [0.29, 0.717) is 5.56 Å². The fourth-order valence-corrected chi connectivity index (χ4v) is 1.44. The number of alkyl halides is 1. The van der Waals surface area contributed by atoms with Crippen molar-refractivity contribution in [2.24, 2.45) is 0 Å². The number of aromatic nitrogens is 2. The van der Waals surface area contributed by atoms with Crippen LogP contribution in [0.2, 0.25) is 0 Å². The van der Waals surface area contributed by atoms with Crippen LogP contribution in [0.25, 0.3) is 11.1 Å². The second-order valence-electron chi connectivity index (χ2n) is 3.39. The molecule has 0 radical (unpaired) electrons. The summed E-state index contributed by atoms with van der Waals surface area (Å²) in [6.45, 7) is 3.42. The molecule has 0 amide bonds. The van der Waals surface area contributed by atoms with Gasteiger partial charge in [-0.05, 0) is 11.1 Å². The van der Waals surface area contributed by atoms with Gasteiger partial charge in [0, 0.05) is 18.0 Å². The summed E-state index contributed by atoms with van der Waals surface area (Å²) in [7, 11) is 0. The molecule has 1 aromatic carbocycles. The monoisotopic (exact) mass is 214 g/mol. The van der Waals surface area contributed by atoms with Gasteiger partial charge in [0.05, 0.1) is 0 Å². The molecular formula is C13H11FN2. The molecule has 1 atom stereocenters. The maximum atomic E-state index is 13.3. The van der Waals surface area contributed by atoms with Crippen LogP contribution in [0, 0.1) is 0 Å². The van der Waals surface area contributed by atoms with Gasteiger partial charge in [-0.3, -0.25) is 0 Å². The van der Waals surface area contributed by atoms with Gasteiger partial charge in [-0.1, -0.05) is 36.9 Å². The molecule has 1 heterocycles.